The molecule has 3 heterocycles. The van der Waals surface area contributed by atoms with Crippen molar-refractivity contribution in [3.05, 3.63) is 41.7 Å². The van der Waals surface area contributed by atoms with E-state index in [1.807, 2.05) is 28.0 Å². The highest BCUT2D eigenvalue weighted by Gasteiger charge is 2.40. The fourth-order valence-electron chi connectivity index (χ4n) is 3.71. The van der Waals surface area contributed by atoms with Crippen molar-refractivity contribution < 1.29 is 9.90 Å². The number of fused-ring (bicyclic) bond motifs is 1. The number of carbonyl (C=O) groups is 1. The third-order valence-corrected chi connectivity index (χ3v) is 4.99. The van der Waals surface area contributed by atoms with Crippen LogP contribution in [0.1, 0.15) is 24.1 Å². The molecule has 1 aromatic carbocycles. The van der Waals surface area contributed by atoms with Crippen LogP contribution in [-0.4, -0.2) is 57.5 Å². The van der Waals surface area contributed by atoms with E-state index in [0.29, 0.717) is 31.7 Å². The second-order valence-corrected chi connectivity index (χ2v) is 6.63. The Bertz CT molecular complexity index is 732. The van der Waals surface area contributed by atoms with Gasteiger partial charge in [0.15, 0.2) is 0 Å². The predicted octanol–water partition coefficient (Wildman–Crippen LogP) is 0.677. The molecule has 2 aliphatic rings. The highest BCUT2D eigenvalue weighted by atomic mass is 16.3. The fraction of sp³-hybridized carbons (Fsp3) is 0.471. The Labute approximate surface area is 140 Å². The number of benzene rings is 1. The van der Waals surface area contributed by atoms with E-state index in [4.69, 9.17) is 0 Å². The normalized spacial score (nSPS) is 24.1. The van der Waals surface area contributed by atoms with E-state index in [1.165, 1.54) is 5.56 Å². The van der Waals surface area contributed by atoms with Crippen LogP contribution in [0.25, 0.3) is 0 Å². The zero-order valence-corrected chi connectivity index (χ0v) is 13.5. The summed E-state index contributed by atoms with van der Waals surface area (Å²) >= 11 is 0. The molecule has 1 fully saturated rings. The van der Waals surface area contributed by atoms with Crippen LogP contribution >= 0.6 is 0 Å². The van der Waals surface area contributed by atoms with Gasteiger partial charge < -0.3 is 10.0 Å². The minimum atomic E-state index is -1.02. The number of likely N-dealkylation sites (tertiary alicyclic amines) is 1. The minimum Gasteiger partial charge on any atom is -0.382 e. The summed E-state index contributed by atoms with van der Waals surface area (Å²) in [7, 11) is 0. The highest BCUT2D eigenvalue weighted by molar-refractivity contribution is 5.96. The number of hydrogen-bond donors (Lipinski definition) is 2. The van der Waals surface area contributed by atoms with E-state index in [9.17, 15) is 9.90 Å². The molecule has 24 heavy (non-hydrogen) atoms. The number of carbonyl (C=O) groups excluding carboxylic acids is 1. The third-order valence-electron chi connectivity index (χ3n) is 4.99. The molecule has 4 rings (SSSR count). The number of nitrogens with one attached hydrogen (secondary N) is 1. The summed E-state index contributed by atoms with van der Waals surface area (Å²) in [5.41, 5.74) is 1.78. The molecule has 1 unspecified atom stereocenters. The van der Waals surface area contributed by atoms with Gasteiger partial charge in [0, 0.05) is 25.3 Å². The molecule has 2 N–H and O–H groups in total. The number of H-pyrrole nitrogens is 1. The van der Waals surface area contributed by atoms with E-state index in [1.54, 1.807) is 6.20 Å². The van der Waals surface area contributed by atoms with Gasteiger partial charge in [0.05, 0.1) is 12.7 Å². The Morgan fingerprint density at radius 2 is 2.21 bits per heavy atom. The first-order chi connectivity index (χ1) is 11.7. The van der Waals surface area contributed by atoms with Crippen LogP contribution in [0, 0.1) is 0 Å². The number of rotatable bonds is 3. The molecule has 1 amide bonds. The highest BCUT2D eigenvalue weighted by Crippen LogP contribution is 2.31. The number of aliphatic hydroxyl groups is 1. The molecule has 0 saturated carbocycles. The van der Waals surface area contributed by atoms with E-state index >= 15 is 0 Å². The summed E-state index contributed by atoms with van der Waals surface area (Å²) in [6.07, 6.45) is 4.12. The van der Waals surface area contributed by atoms with Crippen molar-refractivity contribution in [1.29, 1.82) is 0 Å². The Morgan fingerprint density at radius 3 is 3.04 bits per heavy atom. The molecule has 2 aromatic rings. The summed E-state index contributed by atoms with van der Waals surface area (Å²) in [4.78, 5) is 16.7. The van der Waals surface area contributed by atoms with Gasteiger partial charge in [-0.3, -0.25) is 9.69 Å². The lowest BCUT2D eigenvalue weighted by molar-refractivity contribution is -0.119. The molecule has 0 aliphatic carbocycles. The summed E-state index contributed by atoms with van der Waals surface area (Å²) in [6, 6.07) is 8.10. The summed E-state index contributed by atoms with van der Waals surface area (Å²) in [5.74, 6) is 0.0894. The number of aryl methyl sites for hydroxylation is 1. The number of anilines is 1. The van der Waals surface area contributed by atoms with E-state index in [0.717, 1.165) is 25.1 Å². The van der Waals surface area contributed by atoms with Gasteiger partial charge in [0.1, 0.15) is 11.3 Å². The number of para-hydroxylation sites is 1. The van der Waals surface area contributed by atoms with Gasteiger partial charge in [-0.2, -0.15) is 15.4 Å². The average Bonchev–Trinajstić information content (AvgIpc) is 3.25. The van der Waals surface area contributed by atoms with E-state index in [2.05, 4.69) is 21.5 Å². The van der Waals surface area contributed by atoms with E-state index < -0.39 is 5.60 Å². The van der Waals surface area contributed by atoms with Crippen molar-refractivity contribution in [2.24, 2.45) is 0 Å². The van der Waals surface area contributed by atoms with Gasteiger partial charge in [-0.05, 0) is 30.9 Å². The van der Waals surface area contributed by atoms with Crippen LogP contribution in [0.4, 0.5) is 5.69 Å². The van der Waals surface area contributed by atoms with Gasteiger partial charge in [0.25, 0.3) is 0 Å². The number of β-amino-alcohol motifs (C(OH)–C–C–N with tert-alkyl or cyclic N) is 1. The Balaban J connectivity index is 1.45. The predicted molar refractivity (Wildman–Crippen MR) is 88.5 cm³/mol. The lowest BCUT2D eigenvalue weighted by atomic mass is 10.00. The number of aromatic amines is 1. The summed E-state index contributed by atoms with van der Waals surface area (Å²) in [5, 5.41) is 21.0. The molecule has 1 atom stereocenters. The fourth-order valence-corrected chi connectivity index (χ4v) is 3.71. The van der Waals surface area contributed by atoms with Crippen molar-refractivity contribution in [3.8, 4) is 0 Å². The van der Waals surface area contributed by atoms with Crippen LogP contribution in [0.2, 0.25) is 0 Å². The second-order valence-electron chi connectivity index (χ2n) is 6.63. The SMILES string of the molecule is O=C(CN1CCC(O)(c2cn[nH]n2)C1)N1CCCc2ccccc21. The van der Waals surface area contributed by atoms with Gasteiger partial charge in [-0.15, -0.1) is 0 Å². The Kier molecular flexibility index (Phi) is 3.82. The Hall–Kier alpha value is -2.25. The molecule has 0 spiro atoms. The zero-order chi connectivity index (χ0) is 16.6. The van der Waals surface area contributed by atoms with E-state index in [-0.39, 0.29) is 5.91 Å². The summed E-state index contributed by atoms with van der Waals surface area (Å²) in [6.45, 7) is 2.15. The van der Waals surface area contributed by atoms with Gasteiger partial charge in [-0.25, -0.2) is 0 Å². The average molecular weight is 327 g/mol. The second kappa shape index (κ2) is 5.99. The largest absolute Gasteiger partial charge is 0.382 e. The van der Waals surface area contributed by atoms with Crippen molar-refractivity contribution in [2.45, 2.75) is 24.9 Å². The Morgan fingerprint density at radius 1 is 1.33 bits per heavy atom. The summed E-state index contributed by atoms with van der Waals surface area (Å²) < 4.78 is 0. The first-order valence-electron chi connectivity index (χ1n) is 8.35. The van der Waals surface area contributed by atoms with Gasteiger partial charge in [0.2, 0.25) is 5.91 Å². The van der Waals surface area contributed by atoms with Crippen molar-refractivity contribution in [1.82, 2.24) is 20.3 Å². The van der Waals surface area contributed by atoms with Crippen LogP contribution < -0.4 is 4.90 Å². The van der Waals surface area contributed by atoms with Crippen LogP contribution in [0.3, 0.4) is 0 Å². The first kappa shape index (κ1) is 15.3. The lowest BCUT2D eigenvalue weighted by Gasteiger charge is -2.31. The standard InChI is InChI=1S/C17H21N5O2/c23-16(22-8-3-5-13-4-1-2-6-14(13)22)11-21-9-7-17(24,12-21)15-10-18-20-19-15/h1-2,4,6,10,24H,3,5,7-9,11-12H2,(H,18,19,20). The third kappa shape index (κ3) is 2.70. The molecule has 7 heteroatoms. The molecule has 0 radical (unpaired) electrons. The molecule has 1 saturated heterocycles. The molecular formula is C17H21N5O2. The number of amides is 1. The monoisotopic (exact) mass is 327 g/mol. The lowest BCUT2D eigenvalue weighted by Crippen LogP contribution is -2.43. The molecule has 2 aliphatic heterocycles. The van der Waals surface area contributed by atoms with Crippen molar-refractivity contribution in [3.63, 3.8) is 0 Å². The molecule has 7 nitrogen and oxygen atoms in total. The maximum atomic E-state index is 12.8. The topological polar surface area (TPSA) is 85.3 Å². The van der Waals surface area contributed by atoms with Gasteiger partial charge in [-0.1, -0.05) is 18.2 Å². The first-order valence-corrected chi connectivity index (χ1v) is 8.35. The zero-order valence-electron chi connectivity index (χ0n) is 13.5. The van der Waals surface area contributed by atoms with Crippen molar-refractivity contribution >= 4 is 11.6 Å². The molecule has 126 valence electrons. The quantitative estimate of drug-likeness (QED) is 0.866. The molecule has 1 aromatic heterocycles. The maximum Gasteiger partial charge on any atom is 0.241 e. The van der Waals surface area contributed by atoms with Crippen LogP contribution in [0.5, 0.6) is 0 Å². The van der Waals surface area contributed by atoms with Crippen LogP contribution in [-0.2, 0) is 16.8 Å². The number of nitrogens with zero attached hydrogens (tertiary/aromatic N) is 4. The van der Waals surface area contributed by atoms with Crippen molar-refractivity contribution in [2.75, 3.05) is 31.1 Å². The maximum absolute atomic E-state index is 12.8. The number of aromatic nitrogens is 3. The smallest absolute Gasteiger partial charge is 0.241 e. The minimum absolute atomic E-state index is 0.0894. The van der Waals surface area contributed by atoms with Crippen LogP contribution in [0.15, 0.2) is 30.5 Å². The molecule has 0 bridgehead atoms. The van der Waals surface area contributed by atoms with Gasteiger partial charge >= 0.3 is 0 Å². The number of hydrogen-bond acceptors (Lipinski definition) is 5. The molecular weight excluding hydrogens is 306 g/mol.